The second-order valence-corrected chi connectivity index (χ2v) is 11.6. The Morgan fingerprint density at radius 3 is 2.58 bits per heavy atom. The smallest absolute Gasteiger partial charge is 0.275 e. The van der Waals surface area contributed by atoms with Crippen molar-refractivity contribution < 1.29 is 17.9 Å². The van der Waals surface area contributed by atoms with Crippen molar-refractivity contribution in [1.82, 2.24) is 14.9 Å². The van der Waals surface area contributed by atoms with Gasteiger partial charge in [-0.2, -0.15) is 0 Å². The van der Waals surface area contributed by atoms with Crippen LogP contribution in [0.15, 0.2) is 41.3 Å². The van der Waals surface area contributed by atoms with Crippen LogP contribution in [0, 0.1) is 5.41 Å². The first-order chi connectivity index (χ1) is 15.8. The number of anilines is 1. The number of thiazole rings is 1. The number of nitrogens with one attached hydrogen (secondary N) is 2. The van der Waals surface area contributed by atoms with Gasteiger partial charge >= 0.3 is 0 Å². The molecule has 2 N–H and O–H groups in total. The first-order valence-corrected chi connectivity index (χ1v) is 13.0. The van der Waals surface area contributed by atoms with E-state index < -0.39 is 15.7 Å². The average Bonchev–Trinajstić information content (AvgIpc) is 3.48. The molecule has 5 rings (SSSR count). The summed E-state index contributed by atoms with van der Waals surface area (Å²) in [5.41, 5.74) is 0.693. The molecule has 172 valence electrons. The molecular weight excluding hydrogens is 462 g/mol. The number of nitrogens with zero attached hydrogens (tertiary/aromatic N) is 3. The number of carbonyl (C=O) groups is 1. The molecule has 33 heavy (non-hydrogen) atoms. The molecule has 0 radical (unpaired) electrons. The molecule has 1 aliphatic carbocycles. The number of benzene rings is 1. The van der Waals surface area contributed by atoms with Gasteiger partial charge in [0.25, 0.3) is 5.91 Å². The lowest BCUT2D eigenvalue weighted by molar-refractivity contribution is -0.110. The highest BCUT2D eigenvalue weighted by Crippen LogP contribution is 2.33. The predicted octanol–water partition coefficient (Wildman–Crippen LogP) is 2.72. The third-order valence-electron chi connectivity index (χ3n) is 5.75. The fraction of sp³-hybridized carbons (Fsp3) is 0.364. The van der Waals surface area contributed by atoms with Gasteiger partial charge in [0, 0.05) is 24.7 Å². The number of hydrogen-bond acceptors (Lipinski definition) is 9. The van der Waals surface area contributed by atoms with Gasteiger partial charge < -0.3 is 9.64 Å². The highest BCUT2D eigenvalue weighted by molar-refractivity contribution is 7.92. The zero-order chi connectivity index (χ0) is 23.2. The van der Waals surface area contributed by atoms with E-state index in [0.29, 0.717) is 39.8 Å². The van der Waals surface area contributed by atoms with Gasteiger partial charge in [-0.1, -0.05) is 23.5 Å². The number of ether oxygens (including phenoxy) is 1. The van der Waals surface area contributed by atoms with Crippen molar-refractivity contribution in [2.45, 2.75) is 35.5 Å². The summed E-state index contributed by atoms with van der Waals surface area (Å²) in [4.78, 5) is 24.5. The van der Waals surface area contributed by atoms with E-state index >= 15 is 0 Å². The molecule has 9 nitrogen and oxygen atoms in total. The fourth-order valence-corrected chi connectivity index (χ4v) is 6.24. The zero-order valence-corrected chi connectivity index (χ0v) is 19.6. The molecule has 3 heterocycles. The van der Waals surface area contributed by atoms with Gasteiger partial charge in [-0.05, 0) is 44.5 Å². The van der Waals surface area contributed by atoms with Crippen LogP contribution >= 0.6 is 11.3 Å². The van der Waals surface area contributed by atoms with Crippen LogP contribution in [-0.2, 0) is 14.6 Å². The number of likely N-dealkylation sites (N-methyl/N-ethyl adjacent to an activating group) is 1. The summed E-state index contributed by atoms with van der Waals surface area (Å²) in [6.07, 6.45) is 2.43. The molecule has 0 spiro atoms. The van der Waals surface area contributed by atoms with Crippen LogP contribution in [0.2, 0.25) is 0 Å². The van der Waals surface area contributed by atoms with E-state index in [1.54, 1.807) is 12.1 Å². The molecule has 1 aromatic carbocycles. The van der Waals surface area contributed by atoms with Gasteiger partial charge in [-0.25, -0.2) is 18.4 Å². The molecule has 0 unspecified atom stereocenters. The van der Waals surface area contributed by atoms with Crippen molar-refractivity contribution in [3.63, 3.8) is 0 Å². The van der Waals surface area contributed by atoms with E-state index in [0.717, 1.165) is 19.5 Å². The summed E-state index contributed by atoms with van der Waals surface area (Å²) < 4.78 is 30.6. The molecule has 1 saturated carbocycles. The number of sulfone groups is 1. The molecule has 2 aromatic heterocycles. The molecule has 2 fully saturated rings. The maximum Gasteiger partial charge on any atom is 0.275 e. The standard InChI is InChI=1S/C22H23N5O4S2/c1-27-11-10-14(12-27)31-18-9-8-17-21(25-18)32-22(24-17)26-20(28)19(23)13-2-4-15(5-3-13)33(29,30)16-6-7-16/h2-5,8-9,14,16,23H,6-7,10-12H2,1H3,(H,24,26,28)/t14-/m1/s1. The summed E-state index contributed by atoms with van der Waals surface area (Å²) >= 11 is 1.21. The predicted molar refractivity (Wildman–Crippen MR) is 126 cm³/mol. The number of carbonyl (C=O) groups excluding carboxylic acids is 1. The van der Waals surface area contributed by atoms with E-state index in [1.807, 2.05) is 0 Å². The molecular formula is C22H23N5O4S2. The SMILES string of the molecule is CN1CC[C@@H](Oc2ccc3nc(NC(=O)C(=N)c4ccc(S(=O)(=O)C5CC5)cc4)sc3n2)C1. The van der Waals surface area contributed by atoms with Crippen molar-refractivity contribution in [2.24, 2.45) is 0 Å². The van der Waals surface area contributed by atoms with Crippen molar-refractivity contribution in [3.8, 4) is 5.88 Å². The first-order valence-electron chi connectivity index (χ1n) is 10.7. The Kier molecular flexibility index (Phi) is 5.63. The number of likely N-dealkylation sites (tertiary alicyclic amines) is 1. The van der Waals surface area contributed by atoms with Gasteiger partial charge in [0.2, 0.25) is 5.88 Å². The van der Waals surface area contributed by atoms with Gasteiger partial charge in [0.05, 0.1) is 10.1 Å². The molecule has 2 aliphatic rings. The number of rotatable bonds is 7. The summed E-state index contributed by atoms with van der Waals surface area (Å²) in [5, 5.41) is 10.9. The molecule has 3 aromatic rings. The molecule has 1 atom stereocenters. The topological polar surface area (TPSA) is 125 Å². The van der Waals surface area contributed by atoms with Crippen molar-refractivity contribution in [2.75, 3.05) is 25.5 Å². The summed E-state index contributed by atoms with van der Waals surface area (Å²) in [5.74, 6) is -0.101. The minimum Gasteiger partial charge on any atom is -0.473 e. The quantitative estimate of drug-likeness (QED) is 0.493. The van der Waals surface area contributed by atoms with Crippen molar-refractivity contribution in [3.05, 3.63) is 42.0 Å². The lowest BCUT2D eigenvalue weighted by atomic mass is 10.1. The van der Waals surface area contributed by atoms with Gasteiger partial charge in [-0.15, -0.1) is 0 Å². The number of hydrogen-bond donors (Lipinski definition) is 2. The molecule has 1 aliphatic heterocycles. The van der Waals surface area contributed by atoms with Crippen LogP contribution in [0.1, 0.15) is 24.8 Å². The minimum atomic E-state index is -3.30. The van der Waals surface area contributed by atoms with E-state index in [2.05, 4.69) is 27.2 Å². The Bertz CT molecular complexity index is 1330. The van der Waals surface area contributed by atoms with Crippen LogP contribution in [0.25, 0.3) is 10.3 Å². The Labute approximate surface area is 195 Å². The highest BCUT2D eigenvalue weighted by Gasteiger charge is 2.36. The Balaban J connectivity index is 1.26. The van der Waals surface area contributed by atoms with Gasteiger partial charge in [-0.3, -0.25) is 15.5 Å². The Morgan fingerprint density at radius 1 is 1.15 bits per heavy atom. The molecule has 1 amide bonds. The maximum atomic E-state index is 12.6. The Hall–Kier alpha value is -2.89. The summed E-state index contributed by atoms with van der Waals surface area (Å²) in [6.45, 7) is 1.86. The number of aromatic nitrogens is 2. The van der Waals surface area contributed by atoms with E-state index in [9.17, 15) is 13.2 Å². The normalized spacial score (nSPS) is 19.0. The molecule has 0 bridgehead atoms. The van der Waals surface area contributed by atoms with Crippen LogP contribution < -0.4 is 10.1 Å². The largest absolute Gasteiger partial charge is 0.473 e. The van der Waals surface area contributed by atoms with Crippen LogP contribution in [0.4, 0.5) is 5.13 Å². The third-order valence-corrected chi connectivity index (χ3v) is 8.91. The molecule has 1 saturated heterocycles. The van der Waals surface area contributed by atoms with Crippen LogP contribution in [0.5, 0.6) is 5.88 Å². The van der Waals surface area contributed by atoms with E-state index in [4.69, 9.17) is 10.1 Å². The third kappa shape index (κ3) is 4.61. The van der Waals surface area contributed by atoms with E-state index in [-0.39, 0.29) is 22.0 Å². The van der Waals surface area contributed by atoms with Crippen molar-refractivity contribution >= 4 is 48.3 Å². The number of pyridine rings is 1. The fourth-order valence-electron chi connectivity index (χ4n) is 3.75. The van der Waals surface area contributed by atoms with Crippen molar-refractivity contribution in [1.29, 1.82) is 5.41 Å². The van der Waals surface area contributed by atoms with E-state index in [1.165, 1.54) is 35.6 Å². The number of amides is 1. The molecule has 11 heteroatoms. The second-order valence-electron chi connectivity index (χ2n) is 8.38. The van der Waals surface area contributed by atoms with Crippen LogP contribution in [0.3, 0.4) is 0 Å². The minimum absolute atomic E-state index is 0.109. The summed E-state index contributed by atoms with van der Waals surface area (Å²) in [7, 11) is -1.25. The first kappa shape index (κ1) is 21.9. The van der Waals surface area contributed by atoms with Gasteiger partial charge in [0.1, 0.15) is 22.2 Å². The van der Waals surface area contributed by atoms with Gasteiger partial charge in [0.15, 0.2) is 15.0 Å². The lowest BCUT2D eigenvalue weighted by Crippen LogP contribution is -2.22. The number of fused-ring (bicyclic) bond motifs is 1. The van der Waals surface area contributed by atoms with Crippen LogP contribution in [-0.4, -0.2) is 66.4 Å². The average molecular weight is 486 g/mol. The monoisotopic (exact) mass is 485 g/mol. The summed E-state index contributed by atoms with van der Waals surface area (Å²) in [6, 6.07) is 9.45. The highest BCUT2D eigenvalue weighted by atomic mass is 32.2. The Morgan fingerprint density at radius 2 is 1.91 bits per heavy atom. The maximum absolute atomic E-state index is 12.6. The second kappa shape index (κ2) is 8.47. The zero-order valence-electron chi connectivity index (χ0n) is 17.9. The lowest BCUT2D eigenvalue weighted by Gasteiger charge is -2.12.